The molecule has 0 saturated heterocycles. The van der Waals surface area contributed by atoms with E-state index < -0.39 is 23.5 Å². The second-order valence-electron chi connectivity index (χ2n) is 7.18. The van der Waals surface area contributed by atoms with Crippen LogP contribution in [0.5, 0.6) is 5.75 Å². The van der Waals surface area contributed by atoms with Crippen LogP contribution >= 0.6 is 11.3 Å². The van der Waals surface area contributed by atoms with E-state index in [0.29, 0.717) is 23.1 Å². The number of aliphatic hydroxyl groups excluding tert-OH is 1. The van der Waals surface area contributed by atoms with E-state index >= 15 is 0 Å². The van der Waals surface area contributed by atoms with Crippen LogP contribution in [0.1, 0.15) is 30.5 Å². The summed E-state index contributed by atoms with van der Waals surface area (Å²) in [6, 6.07) is 15.8. The number of rotatable bonds is 8. The second kappa shape index (κ2) is 9.62. The molecular weight excluding hydrogens is 424 g/mol. The van der Waals surface area contributed by atoms with Gasteiger partial charge in [-0.2, -0.15) is 0 Å². The minimum atomic E-state index is -0.790. The number of thiazole rings is 1. The van der Waals surface area contributed by atoms with Crippen molar-refractivity contribution in [1.29, 1.82) is 0 Å². The molecule has 1 unspecified atom stereocenters. The maximum Gasteiger partial charge on any atom is 0.296 e. The molecule has 0 radical (unpaired) electrons. The van der Waals surface area contributed by atoms with Gasteiger partial charge in [-0.05, 0) is 35.8 Å². The summed E-state index contributed by atoms with van der Waals surface area (Å²) < 4.78 is 5.65. The fourth-order valence-electron chi connectivity index (χ4n) is 3.50. The average Bonchev–Trinajstić information content (AvgIpc) is 3.44. The monoisotopic (exact) mass is 446 g/mol. The number of ether oxygens (including phenoxy) is 1. The summed E-state index contributed by atoms with van der Waals surface area (Å²) in [7, 11) is 0. The van der Waals surface area contributed by atoms with Gasteiger partial charge < -0.3 is 9.84 Å². The van der Waals surface area contributed by atoms with Gasteiger partial charge in [0.05, 0.1) is 18.2 Å². The first-order valence-corrected chi connectivity index (χ1v) is 11.1. The average molecular weight is 447 g/mol. The molecule has 1 aliphatic heterocycles. The van der Waals surface area contributed by atoms with Crippen molar-refractivity contribution in [3.8, 4) is 5.75 Å². The van der Waals surface area contributed by atoms with E-state index in [1.165, 1.54) is 22.3 Å². The summed E-state index contributed by atoms with van der Waals surface area (Å²) in [4.78, 5) is 31.7. The van der Waals surface area contributed by atoms with Gasteiger partial charge in [0.2, 0.25) is 0 Å². The van der Waals surface area contributed by atoms with Gasteiger partial charge in [-0.3, -0.25) is 14.5 Å². The van der Waals surface area contributed by atoms with Crippen molar-refractivity contribution in [2.24, 2.45) is 0 Å². The fraction of sp³-hybridized carbons (Fsp3) is 0.160. The molecule has 1 aliphatic rings. The third kappa shape index (κ3) is 4.33. The number of allylic oxidation sites excluding steroid dienone is 1. The van der Waals surface area contributed by atoms with E-state index in [1.807, 2.05) is 37.3 Å². The van der Waals surface area contributed by atoms with Crippen molar-refractivity contribution in [1.82, 2.24) is 4.98 Å². The molecule has 7 heteroatoms. The van der Waals surface area contributed by atoms with Crippen molar-refractivity contribution < 1.29 is 19.4 Å². The molecular formula is C25H22N2O4S. The molecule has 162 valence electrons. The molecule has 1 amide bonds. The lowest BCUT2D eigenvalue weighted by atomic mass is 9.95. The normalized spacial score (nSPS) is 16.2. The third-order valence-corrected chi connectivity index (χ3v) is 5.77. The van der Waals surface area contributed by atoms with Gasteiger partial charge in [-0.25, -0.2) is 4.98 Å². The minimum absolute atomic E-state index is 0.0274. The van der Waals surface area contributed by atoms with Crippen LogP contribution in [0.25, 0.3) is 6.08 Å². The van der Waals surface area contributed by atoms with Crippen LogP contribution in [0.15, 0.2) is 83.6 Å². The Morgan fingerprint density at radius 1 is 1.19 bits per heavy atom. The van der Waals surface area contributed by atoms with E-state index in [2.05, 4.69) is 4.98 Å². The Hall–Kier alpha value is -3.71. The van der Waals surface area contributed by atoms with E-state index in [4.69, 9.17) is 4.74 Å². The number of aromatic nitrogens is 1. The van der Waals surface area contributed by atoms with Crippen LogP contribution in [-0.2, 0) is 9.59 Å². The van der Waals surface area contributed by atoms with Gasteiger partial charge in [0.15, 0.2) is 16.7 Å². The Morgan fingerprint density at radius 2 is 1.94 bits per heavy atom. The molecule has 2 heterocycles. The maximum absolute atomic E-state index is 13.2. The fourth-order valence-corrected chi connectivity index (χ4v) is 4.16. The molecule has 0 fully saturated rings. The number of hydrogen-bond acceptors (Lipinski definition) is 6. The Bertz CT molecular complexity index is 1150. The van der Waals surface area contributed by atoms with Crippen molar-refractivity contribution in [2.75, 3.05) is 11.5 Å². The zero-order valence-electron chi connectivity index (χ0n) is 17.5. The number of anilines is 1. The largest absolute Gasteiger partial charge is 0.503 e. The standard InChI is InChI=1S/C25H22N2O4S/c1-2-15-31-19-11-9-18(10-12-19)22-21(20(28)13-8-17-6-4-3-5-7-17)23(29)24(30)27(22)25-26-14-16-32-25/h3-14,16,22,29H,2,15H2,1H3. The first-order valence-electron chi connectivity index (χ1n) is 10.3. The van der Waals surface area contributed by atoms with Crippen molar-refractivity contribution in [2.45, 2.75) is 19.4 Å². The first-order chi connectivity index (χ1) is 15.6. The topological polar surface area (TPSA) is 79.7 Å². The number of nitrogens with zero attached hydrogens (tertiary/aromatic N) is 2. The number of amides is 1. The number of carbonyl (C=O) groups excluding carboxylic acids is 2. The van der Waals surface area contributed by atoms with E-state index in [1.54, 1.807) is 41.9 Å². The molecule has 0 bridgehead atoms. The quantitative estimate of drug-likeness (QED) is 0.486. The van der Waals surface area contributed by atoms with E-state index in [9.17, 15) is 14.7 Å². The molecule has 4 rings (SSSR count). The lowest BCUT2D eigenvalue weighted by Gasteiger charge is -2.24. The second-order valence-corrected chi connectivity index (χ2v) is 8.05. The van der Waals surface area contributed by atoms with Gasteiger partial charge in [0.25, 0.3) is 5.91 Å². The van der Waals surface area contributed by atoms with Crippen molar-refractivity contribution in [3.63, 3.8) is 0 Å². The molecule has 0 aliphatic carbocycles. The van der Waals surface area contributed by atoms with Crippen LogP contribution in [0.2, 0.25) is 0 Å². The highest BCUT2D eigenvalue weighted by Crippen LogP contribution is 2.42. The van der Waals surface area contributed by atoms with Crippen LogP contribution in [-0.4, -0.2) is 28.4 Å². The smallest absolute Gasteiger partial charge is 0.296 e. The Labute approximate surface area is 190 Å². The lowest BCUT2D eigenvalue weighted by molar-refractivity contribution is -0.117. The molecule has 6 nitrogen and oxygen atoms in total. The molecule has 1 aromatic heterocycles. The molecule has 1 N–H and O–H groups in total. The molecule has 1 atom stereocenters. The Kier molecular flexibility index (Phi) is 6.47. The predicted octanol–water partition coefficient (Wildman–Crippen LogP) is 5.11. The molecule has 0 saturated carbocycles. The van der Waals surface area contributed by atoms with E-state index in [-0.39, 0.29) is 5.57 Å². The van der Waals surface area contributed by atoms with Gasteiger partial charge in [0, 0.05) is 11.6 Å². The number of hydrogen-bond donors (Lipinski definition) is 1. The maximum atomic E-state index is 13.2. The zero-order chi connectivity index (χ0) is 22.5. The highest BCUT2D eigenvalue weighted by Gasteiger charge is 2.44. The van der Waals surface area contributed by atoms with E-state index in [0.717, 1.165) is 12.0 Å². The van der Waals surface area contributed by atoms with Crippen LogP contribution in [0.4, 0.5) is 5.13 Å². The lowest BCUT2D eigenvalue weighted by Crippen LogP contribution is -2.30. The molecule has 3 aromatic rings. The minimum Gasteiger partial charge on any atom is -0.503 e. The summed E-state index contributed by atoms with van der Waals surface area (Å²) in [5.41, 5.74) is 1.55. The third-order valence-electron chi connectivity index (χ3n) is 4.99. The number of ketones is 1. The first kappa shape index (κ1) is 21.5. The van der Waals surface area contributed by atoms with Crippen LogP contribution in [0, 0.1) is 0 Å². The SMILES string of the molecule is CCCOc1ccc(C2C(C(=O)C=Cc3ccccc3)=C(O)C(=O)N2c2nccs2)cc1. The molecule has 0 spiro atoms. The van der Waals surface area contributed by atoms with Gasteiger partial charge in [0.1, 0.15) is 5.75 Å². The van der Waals surface area contributed by atoms with Crippen molar-refractivity contribution >= 4 is 34.2 Å². The Morgan fingerprint density at radius 3 is 2.59 bits per heavy atom. The molecule has 32 heavy (non-hydrogen) atoms. The summed E-state index contributed by atoms with van der Waals surface area (Å²) in [6.45, 7) is 2.63. The highest BCUT2D eigenvalue weighted by molar-refractivity contribution is 7.13. The van der Waals surface area contributed by atoms with Crippen LogP contribution in [0.3, 0.4) is 0 Å². The van der Waals surface area contributed by atoms with Gasteiger partial charge in [-0.15, -0.1) is 11.3 Å². The van der Waals surface area contributed by atoms with Gasteiger partial charge in [-0.1, -0.05) is 55.5 Å². The number of benzene rings is 2. The van der Waals surface area contributed by atoms with Crippen molar-refractivity contribution in [3.05, 3.63) is 94.7 Å². The Balaban J connectivity index is 1.71. The zero-order valence-corrected chi connectivity index (χ0v) is 18.3. The summed E-state index contributed by atoms with van der Waals surface area (Å²) in [5, 5.41) is 12.8. The van der Waals surface area contributed by atoms with Crippen LogP contribution < -0.4 is 9.64 Å². The predicted molar refractivity (Wildman–Crippen MR) is 125 cm³/mol. The summed E-state index contributed by atoms with van der Waals surface area (Å²) in [6.07, 6.45) is 5.51. The summed E-state index contributed by atoms with van der Waals surface area (Å²) in [5.74, 6) is -0.937. The van der Waals surface area contributed by atoms with Gasteiger partial charge >= 0.3 is 0 Å². The number of carbonyl (C=O) groups is 2. The molecule has 2 aromatic carbocycles. The summed E-state index contributed by atoms with van der Waals surface area (Å²) >= 11 is 1.26. The number of aliphatic hydroxyl groups is 1. The highest BCUT2D eigenvalue weighted by atomic mass is 32.1.